The molecule has 16 heavy (non-hydrogen) atoms. The van der Waals surface area contributed by atoms with E-state index in [9.17, 15) is 4.79 Å². The maximum absolute atomic E-state index is 11.6. The Kier molecular flexibility index (Phi) is 9.30. The van der Waals surface area contributed by atoms with Gasteiger partial charge in [0.15, 0.2) is 0 Å². The average Bonchev–Trinajstić information content (AvgIpc) is 2.23. The molecule has 0 bridgehead atoms. The molecular weight excluding hydrogens is 200 g/mol. The van der Waals surface area contributed by atoms with Crippen LogP contribution < -0.4 is 11.1 Å². The Hall–Kier alpha value is -0.570. The first-order chi connectivity index (χ1) is 7.60. The molecule has 0 rings (SSSR count). The molecule has 1 amide bonds. The fourth-order valence-corrected chi connectivity index (χ4v) is 1.75. The Morgan fingerprint density at radius 3 is 2.38 bits per heavy atom. The van der Waals surface area contributed by atoms with E-state index >= 15 is 0 Å². The van der Waals surface area contributed by atoms with Crippen molar-refractivity contribution < 1.29 is 4.79 Å². The molecule has 0 saturated heterocycles. The van der Waals surface area contributed by atoms with E-state index in [4.69, 9.17) is 5.73 Å². The van der Waals surface area contributed by atoms with Crippen molar-refractivity contribution in [2.75, 3.05) is 0 Å². The third-order valence-electron chi connectivity index (χ3n) is 2.74. The zero-order valence-corrected chi connectivity index (χ0v) is 11.1. The Morgan fingerprint density at radius 1 is 1.19 bits per heavy atom. The van der Waals surface area contributed by atoms with Gasteiger partial charge < -0.3 is 11.1 Å². The Morgan fingerprint density at radius 2 is 1.88 bits per heavy atom. The van der Waals surface area contributed by atoms with E-state index in [1.54, 1.807) is 0 Å². The van der Waals surface area contributed by atoms with E-state index in [2.05, 4.69) is 19.2 Å². The molecule has 0 spiro atoms. The second-order valence-electron chi connectivity index (χ2n) is 4.71. The molecule has 0 aromatic carbocycles. The van der Waals surface area contributed by atoms with Crippen LogP contribution in [-0.2, 0) is 4.79 Å². The summed E-state index contributed by atoms with van der Waals surface area (Å²) in [6, 6.07) is 0.483. The largest absolute Gasteiger partial charge is 0.353 e. The van der Waals surface area contributed by atoms with E-state index < -0.39 is 0 Å². The SMILES string of the molecule is CCCCC(CCC)NC(=O)CCC(C)N. The van der Waals surface area contributed by atoms with Crippen LogP contribution in [0.15, 0.2) is 0 Å². The molecule has 0 aromatic heterocycles. The molecule has 0 heterocycles. The van der Waals surface area contributed by atoms with Crippen LogP contribution in [0.25, 0.3) is 0 Å². The third-order valence-corrected chi connectivity index (χ3v) is 2.74. The second-order valence-corrected chi connectivity index (χ2v) is 4.71. The Labute approximate surface area is 100 Å². The first-order valence-electron chi connectivity index (χ1n) is 6.65. The maximum atomic E-state index is 11.6. The number of amides is 1. The quantitative estimate of drug-likeness (QED) is 0.637. The fourth-order valence-electron chi connectivity index (χ4n) is 1.75. The molecule has 3 N–H and O–H groups in total. The lowest BCUT2D eigenvalue weighted by Gasteiger charge is -2.18. The number of rotatable bonds is 9. The van der Waals surface area contributed by atoms with Gasteiger partial charge in [0, 0.05) is 18.5 Å². The van der Waals surface area contributed by atoms with Gasteiger partial charge in [-0.1, -0.05) is 33.1 Å². The molecule has 0 fully saturated rings. The standard InChI is InChI=1S/C13H28N2O/c1-4-6-8-12(7-5-2)15-13(16)10-9-11(3)14/h11-12H,4-10,14H2,1-3H3,(H,15,16). The lowest BCUT2D eigenvalue weighted by Crippen LogP contribution is -2.35. The molecule has 3 heteroatoms. The highest BCUT2D eigenvalue weighted by Crippen LogP contribution is 2.07. The van der Waals surface area contributed by atoms with Crippen LogP contribution in [0.1, 0.15) is 65.7 Å². The predicted octanol–water partition coefficient (Wildman–Crippen LogP) is 2.59. The summed E-state index contributed by atoms with van der Waals surface area (Å²) in [6.45, 7) is 6.28. The van der Waals surface area contributed by atoms with Gasteiger partial charge in [0.25, 0.3) is 0 Å². The van der Waals surface area contributed by atoms with Gasteiger partial charge in [-0.2, -0.15) is 0 Å². The van der Waals surface area contributed by atoms with E-state index in [1.165, 1.54) is 12.8 Å². The van der Waals surface area contributed by atoms with Crippen molar-refractivity contribution in [1.29, 1.82) is 0 Å². The maximum Gasteiger partial charge on any atom is 0.220 e. The summed E-state index contributed by atoms with van der Waals surface area (Å²) in [4.78, 5) is 11.6. The Balaban J connectivity index is 3.82. The molecule has 2 atom stereocenters. The molecular formula is C13H28N2O. The minimum absolute atomic E-state index is 0.117. The van der Waals surface area contributed by atoms with Gasteiger partial charge in [0.1, 0.15) is 0 Å². The summed E-state index contributed by atoms with van der Waals surface area (Å²) in [5.74, 6) is 0.159. The number of carbonyl (C=O) groups excluding carboxylic acids is 1. The minimum Gasteiger partial charge on any atom is -0.353 e. The number of carbonyl (C=O) groups is 1. The van der Waals surface area contributed by atoms with E-state index in [0.717, 1.165) is 25.7 Å². The lowest BCUT2D eigenvalue weighted by atomic mass is 10.0. The molecule has 0 radical (unpaired) electrons. The topological polar surface area (TPSA) is 55.1 Å². The van der Waals surface area contributed by atoms with Crippen LogP contribution in [0, 0.1) is 0 Å². The Bertz CT molecular complexity index is 181. The van der Waals surface area contributed by atoms with Crippen LogP contribution >= 0.6 is 0 Å². The van der Waals surface area contributed by atoms with Crippen LogP contribution in [0.4, 0.5) is 0 Å². The van der Waals surface area contributed by atoms with Gasteiger partial charge >= 0.3 is 0 Å². The summed E-state index contributed by atoms with van der Waals surface area (Å²) in [7, 11) is 0. The van der Waals surface area contributed by atoms with Gasteiger partial charge in [-0.15, -0.1) is 0 Å². The van der Waals surface area contributed by atoms with E-state index in [0.29, 0.717) is 12.5 Å². The number of nitrogens with one attached hydrogen (secondary N) is 1. The predicted molar refractivity (Wildman–Crippen MR) is 69.2 cm³/mol. The van der Waals surface area contributed by atoms with Crippen molar-refractivity contribution in [3.05, 3.63) is 0 Å². The summed E-state index contributed by atoms with van der Waals surface area (Å²) < 4.78 is 0. The molecule has 0 aliphatic carbocycles. The summed E-state index contributed by atoms with van der Waals surface area (Å²) >= 11 is 0. The highest BCUT2D eigenvalue weighted by atomic mass is 16.1. The highest BCUT2D eigenvalue weighted by Gasteiger charge is 2.11. The van der Waals surface area contributed by atoms with Crippen LogP contribution in [0.2, 0.25) is 0 Å². The molecule has 96 valence electrons. The van der Waals surface area contributed by atoms with Crippen molar-refractivity contribution in [1.82, 2.24) is 5.32 Å². The highest BCUT2D eigenvalue weighted by molar-refractivity contribution is 5.76. The van der Waals surface area contributed by atoms with Gasteiger partial charge in [0.2, 0.25) is 5.91 Å². The molecule has 3 nitrogen and oxygen atoms in total. The monoisotopic (exact) mass is 228 g/mol. The minimum atomic E-state index is 0.117. The first kappa shape index (κ1) is 15.4. The lowest BCUT2D eigenvalue weighted by molar-refractivity contribution is -0.122. The van der Waals surface area contributed by atoms with Gasteiger partial charge in [-0.05, 0) is 26.2 Å². The molecule has 0 aromatic rings. The summed E-state index contributed by atoms with van der Waals surface area (Å²) in [6.07, 6.45) is 7.04. The van der Waals surface area contributed by atoms with Crippen LogP contribution in [0.5, 0.6) is 0 Å². The molecule has 0 aliphatic rings. The number of nitrogens with two attached hydrogens (primary N) is 1. The van der Waals surface area contributed by atoms with Gasteiger partial charge in [-0.25, -0.2) is 0 Å². The van der Waals surface area contributed by atoms with Crippen molar-refractivity contribution >= 4 is 5.91 Å². The van der Waals surface area contributed by atoms with Crippen LogP contribution in [0.3, 0.4) is 0 Å². The second kappa shape index (κ2) is 9.64. The normalized spacial score (nSPS) is 14.5. The van der Waals surface area contributed by atoms with E-state index in [1.807, 2.05) is 6.92 Å². The first-order valence-corrected chi connectivity index (χ1v) is 6.65. The molecule has 2 unspecified atom stereocenters. The van der Waals surface area contributed by atoms with Crippen LogP contribution in [-0.4, -0.2) is 18.0 Å². The van der Waals surface area contributed by atoms with Gasteiger partial charge in [-0.3, -0.25) is 4.79 Å². The number of hydrogen-bond acceptors (Lipinski definition) is 2. The van der Waals surface area contributed by atoms with Crippen molar-refractivity contribution in [2.24, 2.45) is 5.73 Å². The number of hydrogen-bond donors (Lipinski definition) is 2. The van der Waals surface area contributed by atoms with E-state index in [-0.39, 0.29) is 11.9 Å². The summed E-state index contributed by atoms with van der Waals surface area (Å²) in [5, 5.41) is 3.11. The molecule has 0 aliphatic heterocycles. The smallest absolute Gasteiger partial charge is 0.220 e. The zero-order valence-electron chi connectivity index (χ0n) is 11.1. The van der Waals surface area contributed by atoms with Crippen molar-refractivity contribution in [2.45, 2.75) is 77.8 Å². The van der Waals surface area contributed by atoms with Crippen molar-refractivity contribution in [3.8, 4) is 0 Å². The summed E-state index contributed by atoms with van der Waals surface area (Å²) in [5.41, 5.74) is 5.63. The fraction of sp³-hybridized carbons (Fsp3) is 0.923. The number of unbranched alkanes of at least 4 members (excludes halogenated alkanes) is 1. The molecule has 0 saturated carbocycles. The van der Waals surface area contributed by atoms with Gasteiger partial charge in [0.05, 0.1) is 0 Å². The third kappa shape index (κ3) is 8.72. The zero-order chi connectivity index (χ0) is 12.4. The average molecular weight is 228 g/mol. The van der Waals surface area contributed by atoms with Crippen molar-refractivity contribution in [3.63, 3.8) is 0 Å².